The van der Waals surface area contributed by atoms with E-state index in [1.54, 1.807) is 0 Å². The average molecular weight is 277 g/mol. The Morgan fingerprint density at radius 2 is 1.90 bits per heavy atom. The Morgan fingerprint density at radius 3 is 2.50 bits per heavy atom. The first kappa shape index (κ1) is 15.5. The van der Waals surface area contributed by atoms with Crippen molar-refractivity contribution in [2.24, 2.45) is 0 Å². The summed E-state index contributed by atoms with van der Waals surface area (Å²) in [5.41, 5.74) is 0.359. The molecular formula is C17H27NO2. The average Bonchev–Trinajstić information content (AvgIpc) is 2.48. The molecule has 1 heterocycles. The first-order chi connectivity index (χ1) is 9.51. The second kappa shape index (κ2) is 6.25. The van der Waals surface area contributed by atoms with Crippen LogP contribution in [-0.2, 0) is 10.3 Å². The van der Waals surface area contributed by atoms with E-state index in [0.29, 0.717) is 0 Å². The summed E-state index contributed by atoms with van der Waals surface area (Å²) in [6.07, 6.45) is 1.59. The number of nitrogens with zero attached hydrogens (tertiary/aromatic N) is 1. The van der Waals surface area contributed by atoms with Crippen LogP contribution in [0.5, 0.6) is 0 Å². The smallest absolute Gasteiger partial charge is 0.103 e. The van der Waals surface area contributed by atoms with Crippen LogP contribution in [0, 0.1) is 0 Å². The maximum Gasteiger partial charge on any atom is 0.103 e. The van der Waals surface area contributed by atoms with Crippen LogP contribution in [0.2, 0.25) is 0 Å². The number of benzene rings is 1. The molecule has 0 radical (unpaired) electrons. The number of hydrogen-bond donors (Lipinski definition) is 1. The molecule has 3 heteroatoms. The molecule has 0 aromatic heterocycles. The number of ether oxygens (including phenoxy) is 1. The van der Waals surface area contributed by atoms with Crippen molar-refractivity contribution in [1.82, 2.24) is 4.90 Å². The molecule has 2 rings (SSSR count). The Labute approximate surface area is 122 Å². The van der Waals surface area contributed by atoms with Gasteiger partial charge < -0.3 is 9.84 Å². The van der Waals surface area contributed by atoms with E-state index in [-0.39, 0.29) is 5.60 Å². The highest BCUT2D eigenvalue weighted by molar-refractivity contribution is 5.22. The van der Waals surface area contributed by atoms with Crippen LogP contribution >= 0.6 is 0 Å². The lowest BCUT2D eigenvalue weighted by atomic mass is 9.91. The molecule has 3 nitrogen and oxygen atoms in total. The zero-order chi connectivity index (χ0) is 14.6. The van der Waals surface area contributed by atoms with E-state index in [4.69, 9.17) is 4.74 Å². The molecule has 1 unspecified atom stereocenters. The summed E-state index contributed by atoms with van der Waals surface area (Å²) in [5.74, 6) is 0. The van der Waals surface area contributed by atoms with Crippen molar-refractivity contribution in [3.05, 3.63) is 35.9 Å². The van der Waals surface area contributed by atoms with Gasteiger partial charge in [0.15, 0.2) is 0 Å². The monoisotopic (exact) mass is 277 g/mol. The predicted octanol–water partition coefficient (Wildman–Crippen LogP) is 2.79. The van der Waals surface area contributed by atoms with Crippen LogP contribution in [0.4, 0.5) is 0 Å². The van der Waals surface area contributed by atoms with E-state index in [1.165, 1.54) is 5.56 Å². The van der Waals surface area contributed by atoms with Crippen molar-refractivity contribution in [2.45, 2.75) is 44.8 Å². The van der Waals surface area contributed by atoms with Crippen LogP contribution in [0.3, 0.4) is 0 Å². The van der Waals surface area contributed by atoms with Gasteiger partial charge in [0, 0.05) is 19.6 Å². The van der Waals surface area contributed by atoms with E-state index >= 15 is 0 Å². The standard InChI is InChI=1S/C17H27NO2/c1-4-17(19,5-2)14-18-11-12-20-16(3,13-18)15-9-7-6-8-10-15/h6-10,19H,4-5,11-14H2,1-3H3. The summed E-state index contributed by atoms with van der Waals surface area (Å²) in [5, 5.41) is 10.5. The molecule has 0 amide bonds. The highest BCUT2D eigenvalue weighted by Gasteiger charge is 2.36. The molecule has 0 aliphatic carbocycles. The fourth-order valence-corrected chi connectivity index (χ4v) is 2.94. The number of β-amino-alcohol motifs (C(OH)–C–C–N with tert-alkyl or cyclic N) is 1. The van der Waals surface area contributed by atoms with Crippen LogP contribution in [0.1, 0.15) is 39.2 Å². The Kier molecular flexibility index (Phi) is 4.84. The Hall–Kier alpha value is -0.900. The van der Waals surface area contributed by atoms with Gasteiger partial charge in [-0.1, -0.05) is 44.2 Å². The Bertz CT molecular complexity index is 416. The molecule has 1 aliphatic rings. The SMILES string of the molecule is CCC(O)(CC)CN1CCOC(C)(c2ccccc2)C1. The molecule has 20 heavy (non-hydrogen) atoms. The summed E-state index contributed by atoms with van der Waals surface area (Å²) in [4.78, 5) is 2.34. The van der Waals surface area contributed by atoms with Gasteiger partial charge in [-0.2, -0.15) is 0 Å². The summed E-state index contributed by atoms with van der Waals surface area (Å²) < 4.78 is 6.04. The molecule has 0 bridgehead atoms. The Balaban J connectivity index is 2.09. The Morgan fingerprint density at radius 1 is 1.25 bits per heavy atom. The summed E-state index contributed by atoms with van der Waals surface area (Å²) in [6, 6.07) is 10.4. The molecule has 1 aliphatic heterocycles. The third kappa shape index (κ3) is 3.40. The normalized spacial score (nSPS) is 24.8. The molecule has 1 atom stereocenters. The highest BCUT2D eigenvalue weighted by atomic mass is 16.5. The van der Waals surface area contributed by atoms with E-state index in [2.05, 4.69) is 49.9 Å². The lowest BCUT2D eigenvalue weighted by Crippen LogP contribution is -2.53. The molecule has 1 aromatic carbocycles. The summed E-state index contributed by atoms with van der Waals surface area (Å²) in [7, 11) is 0. The largest absolute Gasteiger partial charge is 0.389 e. The van der Waals surface area contributed by atoms with Gasteiger partial charge in [0.1, 0.15) is 5.60 Å². The lowest BCUT2D eigenvalue weighted by molar-refractivity contribution is -0.120. The summed E-state index contributed by atoms with van der Waals surface area (Å²) >= 11 is 0. The fourth-order valence-electron chi connectivity index (χ4n) is 2.94. The predicted molar refractivity (Wildman–Crippen MR) is 81.7 cm³/mol. The molecule has 1 fully saturated rings. The van der Waals surface area contributed by atoms with Crippen molar-refractivity contribution in [3.63, 3.8) is 0 Å². The van der Waals surface area contributed by atoms with Crippen LogP contribution in [0.25, 0.3) is 0 Å². The molecule has 0 spiro atoms. The molecular weight excluding hydrogens is 250 g/mol. The highest BCUT2D eigenvalue weighted by Crippen LogP contribution is 2.30. The number of rotatable bonds is 5. The van der Waals surface area contributed by atoms with Crippen molar-refractivity contribution >= 4 is 0 Å². The van der Waals surface area contributed by atoms with Gasteiger partial charge in [0.05, 0.1) is 12.2 Å². The first-order valence-corrected chi connectivity index (χ1v) is 7.65. The van der Waals surface area contributed by atoms with Crippen LogP contribution in [0.15, 0.2) is 30.3 Å². The number of aliphatic hydroxyl groups is 1. The minimum Gasteiger partial charge on any atom is -0.389 e. The van der Waals surface area contributed by atoms with Gasteiger partial charge in [-0.15, -0.1) is 0 Å². The zero-order valence-electron chi connectivity index (χ0n) is 12.9. The van der Waals surface area contributed by atoms with Crippen LogP contribution < -0.4 is 0 Å². The minimum atomic E-state index is -0.574. The van der Waals surface area contributed by atoms with Crippen molar-refractivity contribution in [1.29, 1.82) is 0 Å². The molecule has 1 N–H and O–H groups in total. The van der Waals surface area contributed by atoms with E-state index < -0.39 is 5.60 Å². The van der Waals surface area contributed by atoms with Crippen molar-refractivity contribution in [3.8, 4) is 0 Å². The van der Waals surface area contributed by atoms with E-state index in [9.17, 15) is 5.11 Å². The molecule has 112 valence electrons. The second-order valence-electron chi connectivity index (χ2n) is 6.09. The van der Waals surface area contributed by atoms with E-state index in [0.717, 1.165) is 39.1 Å². The number of morpholine rings is 1. The minimum absolute atomic E-state index is 0.276. The van der Waals surface area contributed by atoms with Crippen molar-refractivity contribution < 1.29 is 9.84 Å². The molecule has 1 saturated heterocycles. The van der Waals surface area contributed by atoms with Gasteiger partial charge in [0.25, 0.3) is 0 Å². The molecule has 1 aromatic rings. The van der Waals surface area contributed by atoms with Gasteiger partial charge in [-0.3, -0.25) is 4.90 Å². The third-order valence-electron chi connectivity index (χ3n) is 4.57. The van der Waals surface area contributed by atoms with Crippen LogP contribution in [-0.4, -0.2) is 41.8 Å². The van der Waals surface area contributed by atoms with Gasteiger partial charge >= 0.3 is 0 Å². The molecule has 0 saturated carbocycles. The van der Waals surface area contributed by atoms with Gasteiger partial charge in [-0.05, 0) is 25.3 Å². The van der Waals surface area contributed by atoms with Gasteiger partial charge in [-0.25, -0.2) is 0 Å². The van der Waals surface area contributed by atoms with Crippen molar-refractivity contribution in [2.75, 3.05) is 26.2 Å². The van der Waals surface area contributed by atoms with Gasteiger partial charge in [0.2, 0.25) is 0 Å². The maximum absolute atomic E-state index is 10.5. The lowest BCUT2D eigenvalue weighted by Gasteiger charge is -2.43. The first-order valence-electron chi connectivity index (χ1n) is 7.65. The quantitative estimate of drug-likeness (QED) is 0.898. The number of hydrogen-bond acceptors (Lipinski definition) is 3. The topological polar surface area (TPSA) is 32.7 Å². The summed E-state index contributed by atoms with van der Waals surface area (Å²) in [6.45, 7) is 9.43. The fraction of sp³-hybridized carbons (Fsp3) is 0.647. The zero-order valence-corrected chi connectivity index (χ0v) is 12.9. The third-order valence-corrected chi connectivity index (χ3v) is 4.57. The second-order valence-corrected chi connectivity index (χ2v) is 6.09. The maximum atomic E-state index is 10.5. The van der Waals surface area contributed by atoms with E-state index in [1.807, 2.05) is 6.07 Å².